The Labute approximate surface area is 161 Å². The highest BCUT2D eigenvalue weighted by atomic mass is 19.2. The van der Waals surface area contributed by atoms with Crippen molar-refractivity contribution in [2.24, 2.45) is 0 Å². The number of hydrogen-bond acceptors (Lipinski definition) is 3. The Bertz CT molecular complexity index is 999. The van der Waals surface area contributed by atoms with E-state index in [0.29, 0.717) is 18.1 Å². The molecule has 0 radical (unpaired) electrons. The molecule has 0 bridgehead atoms. The van der Waals surface area contributed by atoms with Crippen LogP contribution in [-0.4, -0.2) is 23.7 Å². The smallest absolute Gasteiger partial charge is 0.196 e. The van der Waals surface area contributed by atoms with Crippen LogP contribution in [-0.2, 0) is 0 Å². The SMILES string of the molecule is CCCCCOc1c(/C=C/c2nc3c(F)c(F)c(F)cc3[nH]2)cccc1OC. The molecule has 1 heterocycles. The summed E-state index contributed by atoms with van der Waals surface area (Å²) in [6, 6.07) is 6.34. The lowest BCUT2D eigenvalue weighted by Crippen LogP contribution is -2.01. The van der Waals surface area contributed by atoms with E-state index in [9.17, 15) is 13.2 Å². The predicted molar refractivity (Wildman–Crippen MR) is 103 cm³/mol. The normalized spacial score (nSPS) is 11.5. The molecule has 1 N–H and O–H groups in total. The predicted octanol–water partition coefficient (Wildman–Crippen LogP) is 5.73. The van der Waals surface area contributed by atoms with E-state index >= 15 is 0 Å². The summed E-state index contributed by atoms with van der Waals surface area (Å²) in [6.07, 6.45) is 6.39. The lowest BCUT2D eigenvalue weighted by atomic mass is 10.1. The van der Waals surface area contributed by atoms with Gasteiger partial charge in [-0.05, 0) is 24.6 Å². The van der Waals surface area contributed by atoms with E-state index in [1.807, 2.05) is 12.1 Å². The summed E-state index contributed by atoms with van der Waals surface area (Å²) in [5.74, 6) is -2.66. The summed E-state index contributed by atoms with van der Waals surface area (Å²) in [6.45, 7) is 2.68. The van der Waals surface area contributed by atoms with Crippen molar-refractivity contribution in [1.82, 2.24) is 9.97 Å². The highest BCUT2D eigenvalue weighted by Gasteiger charge is 2.16. The van der Waals surface area contributed by atoms with Crippen molar-refractivity contribution < 1.29 is 22.6 Å². The average molecular weight is 390 g/mol. The quantitative estimate of drug-likeness (QED) is 0.395. The van der Waals surface area contributed by atoms with Crippen molar-refractivity contribution >= 4 is 23.2 Å². The molecule has 28 heavy (non-hydrogen) atoms. The maximum Gasteiger partial charge on any atom is 0.196 e. The van der Waals surface area contributed by atoms with Gasteiger partial charge in [0.2, 0.25) is 0 Å². The third-order valence-corrected chi connectivity index (χ3v) is 4.28. The third kappa shape index (κ3) is 4.13. The average Bonchev–Trinajstić information content (AvgIpc) is 3.11. The Balaban J connectivity index is 1.89. The van der Waals surface area contributed by atoms with Gasteiger partial charge >= 0.3 is 0 Å². The first-order valence-corrected chi connectivity index (χ1v) is 9.06. The van der Waals surface area contributed by atoms with E-state index < -0.39 is 17.5 Å². The fourth-order valence-electron chi connectivity index (χ4n) is 2.83. The van der Waals surface area contributed by atoms with Gasteiger partial charge in [-0.25, -0.2) is 18.2 Å². The van der Waals surface area contributed by atoms with Crippen LogP contribution in [0.15, 0.2) is 24.3 Å². The number of H-pyrrole nitrogens is 1. The molecular formula is C21H21F3N2O2. The van der Waals surface area contributed by atoms with Gasteiger partial charge in [-0.15, -0.1) is 0 Å². The molecule has 2 aromatic carbocycles. The largest absolute Gasteiger partial charge is 0.493 e. The molecule has 0 unspecified atom stereocenters. The number of nitrogens with one attached hydrogen (secondary N) is 1. The summed E-state index contributed by atoms with van der Waals surface area (Å²) in [4.78, 5) is 6.76. The van der Waals surface area contributed by atoms with Crippen molar-refractivity contribution in [3.05, 3.63) is 53.1 Å². The maximum absolute atomic E-state index is 13.8. The molecule has 0 fully saturated rings. The van der Waals surface area contributed by atoms with Crippen molar-refractivity contribution in [2.75, 3.05) is 13.7 Å². The zero-order valence-electron chi connectivity index (χ0n) is 15.7. The van der Waals surface area contributed by atoms with E-state index in [4.69, 9.17) is 9.47 Å². The van der Waals surface area contributed by atoms with Crippen LogP contribution in [0.3, 0.4) is 0 Å². The van der Waals surface area contributed by atoms with Crippen molar-refractivity contribution in [2.45, 2.75) is 26.2 Å². The minimum absolute atomic E-state index is 0.0812. The number of para-hydroxylation sites is 1. The number of imidazole rings is 1. The van der Waals surface area contributed by atoms with Gasteiger partial charge in [-0.2, -0.15) is 0 Å². The number of aromatic amines is 1. The number of hydrogen-bond donors (Lipinski definition) is 1. The van der Waals surface area contributed by atoms with E-state index in [1.54, 1.807) is 25.3 Å². The van der Waals surface area contributed by atoms with Gasteiger partial charge in [0.15, 0.2) is 29.0 Å². The monoisotopic (exact) mass is 390 g/mol. The summed E-state index contributed by atoms with van der Waals surface area (Å²) >= 11 is 0. The second-order valence-electron chi connectivity index (χ2n) is 6.27. The summed E-state index contributed by atoms with van der Waals surface area (Å²) < 4.78 is 51.9. The fourth-order valence-corrected chi connectivity index (χ4v) is 2.83. The van der Waals surface area contributed by atoms with Gasteiger partial charge in [0.05, 0.1) is 19.2 Å². The zero-order valence-corrected chi connectivity index (χ0v) is 15.7. The number of rotatable bonds is 8. The Morgan fingerprint density at radius 2 is 1.93 bits per heavy atom. The van der Waals surface area contributed by atoms with Crippen LogP contribution < -0.4 is 9.47 Å². The molecule has 0 spiro atoms. The molecule has 0 saturated carbocycles. The molecule has 0 saturated heterocycles. The molecule has 3 aromatic rings. The number of aromatic nitrogens is 2. The molecule has 0 atom stereocenters. The lowest BCUT2D eigenvalue weighted by molar-refractivity contribution is 0.285. The Morgan fingerprint density at radius 3 is 2.68 bits per heavy atom. The molecule has 7 heteroatoms. The Kier molecular flexibility index (Phi) is 6.23. The lowest BCUT2D eigenvalue weighted by Gasteiger charge is -2.13. The van der Waals surface area contributed by atoms with E-state index in [1.165, 1.54) is 0 Å². The Morgan fingerprint density at radius 1 is 1.11 bits per heavy atom. The number of ether oxygens (including phenoxy) is 2. The molecule has 1 aromatic heterocycles. The standard InChI is InChI=1S/C21H21F3N2O2/c1-3-4-5-11-28-21-13(7-6-8-16(21)27-2)9-10-17-25-15-12-14(22)18(23)19(24)20(15)26-17/h6-10,12H,3-5,11H2,1-2H3,(H,25,26)/b10-9+. The summed E-state index contributed by atoms with van der Waals surface area (Å²) in [7, 11) is 1.56. The molecule has 3 rings (SSSR count). The number of methoxy groups -OCH3 is 1. The number of fused-ring (bicyclic) bond motifs is 1. The van der Waals surface area contributed by atoms with E-state index in [2.05, 4.69) is 16.9 Å². The van der Waals surface area contributed by atoms with E-state index in [0.717, 1.165) is 30.9 Å². The minimum atomic E-state index is -1.54. The highest BCUT2D eigenvalue weighted by molar-refractivity contribution is 5.80. The molecule has 0 aliphatic heterocycles. The number of unbranched alkanes of at least 4 members (excludes halogenated alkanes) is 2. The van der Waals surface area contributed by atoms with Crippen LogP contribution >= 0.6 is 0 Å². The topological polar surface area (TPSA) is 47.1 Å². The van der Waals surface area contributed by atoms with Crippen LogP contribution in [0.5, 0.6) is 11.5 Å². The van der Waals surface area contributed by atoms with Crippen molar-refractivity contribution in [3.8, 4) is 11.5 Å². The molecule has 0 amide bonds. The maximum atomic E-state index is 13.8. The van der Waals surface area contributed by atoms with Crippen LogP contribution in [0.25, 0.3) is 23.2 Å². The first-order chi connectivity index (χ1) is 13.5. The van der Waals surface area contributed by atoms with Gasteiger partial charge in [0, 0.05) is 11.6 Å². The molecule has 4 nitrogen and oxygen atoms in total. The number of benzene rings is 2. The fraction of sp³-hybridized carbons (Fsp3) is 0.286. The van der Waals surface area contributed by atoms with Crippen molar-refractivity contribution in [1.29, 1.82) is 0 Å². The Hall–Kier alpha value is -2.96. The second kappa shape index (κ2) is 8.82. The van der Waals surface area contributed by atoms with Crippen LogP contribution in [0.1, 0.15) is 37.6 Å². The first-order valence-electron chi connectivity index (χ1n) is 9.06. The molecule has 0 aliphatic carbocycles. The molecule has 148 valence electrons. The van der Waals surface area contributed by atoms with Gasteiger partial charge in [0.25, 0.3) is 0 Å². The molecular weight excluding hydrogens is 369 g/mol. The van der Waals surface area contributed by atoms with Gasteiger partial charge < -0.3 is 14.5 Å². The van der Waals surface area contributed by atoms with Gasteiger partial charge in [-0.1, -0.05) is 31.9 Å². The van der Waals surface area contributed by atoms with Crippen LogP contribution in [0, 0.1) is 17.5 Å². The highest BCUT2D eigenvalue weighted by Crippen LogP contribution is 2.32. The first kappa shape index (κ1) is 19.8. The van der Waals surface area contributed by atoms with Crippen LogP contribution in [0.2, 0.25) is 0 Å². The third-order valence-electron chi connectivity index (χ3n) is 4.28. The molecule has 0 aliphatic rings. The van der Waals surface area contributed by atoms with Gasteiger partial charge in [-0.3, -0.25) is 0 Å². The zero-order chi connectivity index (χ0) is 20.1. The minimum Gasteiger partial charge on any atom is -0.493 e. The van der Waals surface area contributed by atoms with Crippen molar-refractivity contribution in [3.63, 3.8) is 0 Å². The van der Waals surface area contributed by atoms with Crippen LogP contribution in [0.4, 0.5) is 13.2 Å². The van der Waals surface area contributed by atoms with E-state index in [-0.39, 0.29) is 16.9 Å². The number of nitrogens with zero attached hydrogens (tertiary/aromatic N) is 1. The van der Waals surface area contributed by atoms with Gasteiger partial charge in [0.1, 0.15) is 11.3 Å². The summed E-state index contributed by atoms with van der Waals surface area (Å²) in [5, 5.41) is 0. The summed E-state index contributed by atoms with van der Waals surface area (Å²) in [5.41, 5.74) is 0.576. The number of halogens is 3. The second-order valence-corrected chi connectivity index (χ2v) is 6.27.